The summed E-state index contributed by atoms with van der Waals surface area (Å²) < 4.78 is 35.1. The van der Waals surface area contributed by atoms with Crippen molar-refractivity contribution < 1.29 is 23.4 Å². The van der Waals surface area contributed by atoms with Crippen molar-refractivity contribution in [1.82, 2.24) is 25.3 Å². The summed E-state index contributed by atoms with van der Waals surface area (Å²) in [5.41, 5.74) is 1.50. The van der Waals surface area contributed by atoms with Crippen LogP contribution in [-0.2, 0) is 11.3 Å². The molecule has 0 saturated carbocycles. The molecule has 34 heavy (non-hydrogen) atoms. The van der Waals surface area contributed by atoms with Crippen LogP contribution < -0.4 is 5.32 Å². The minimum atomic E-state index is -0.708. The summed E-state index contributed by atoms with van der Waals surface area (Å²) in [6.07, 6.45) is 2.61. The Morgan fingerprint density at radius 3 is 2.68 bits per heavy atom. The van der Waals surface area contributed by atoms with E-state index >= 15 is 0 Å². The van der Waals surface area contributed by atoms with Gasteiger partial charge in [-0.1, -0.05) is 6.07 Å². The van der Waals surface area contributed by atoms with Gasteiger partial charge in [-0.2, -0.15) is 10.2 Å². The van der Waals surface area contributed by atoms with E-state index in [0.29, 0.717) is 11.3 Å². The molecule has 0 unspecified atom stereocenters. The smallest absolute Gasteiger partial charge is 0.252 e. The maximum atomic E-state index is 14.9. The van der Waals surface area contributed by atoms with Crippen molar-refractivity contribution >= 4 is 5.91 Å². The lowest BCUT2D eigenvalue weighted by molar-refractivity contribution is 0.0167. The molecule has 0 aliphatic heterocycles. The number of hydrogen-bond donors (Lipinski definition) is 3. The number of hydrogen-bond acceptors (Lipinski definition) is 5. The van der Waals surface area contributed by atoms with E-state index in [1.54, 1.807) is 41.3 Å². The van der Waals surface area contributed by atoms with Gasteiger partial charge in [-0.15, -0.1) is 0 Å². The van der Waals surface area contributed by atoms with Crippen LogP contribution in [0.5, 0.6) is 0 Å². The summed E-state index contributed by atoms with van der Waals surface area (Å²) in [7, 11) is 1.43. The standard InChI is InChI=1S/C24H23F2N5O3/c1-34-22(14-32)21(13-31-11-3-10-27-31)28-24(33)17-4-2-5-18(26)23(17)20-12-19(29-30-20)15-6-8-16(25)9-7-15/h2-12,21-22,32H,13-14H2,1H3,(H,28,33)(H,29,30)/t21-,22+/m1/s1. The molecular formula is C24H23F2N5O3. The van der Waals surface area contributed by atoms with E-state index in [1.165, 1.54) is 37.4 Å². The summed E-state index contributed by atoms with van der Waals surface area (Å²) in [5, 5.41) is 23.7. The van der Waals surface area contributed by atoms with Crippen LogP contribution in [0.3, 0.4) is 0 Å². The number of carbonyl (C=O) groups is 1. The minimum absolute atomic E-state index is 0.0143. The van der Waals surface area contributed by atoms with Crippen LogP contribution in [0.2, 0.25) is 0 Å². The van der Waals surface area contributed by atoms with E-state index in [1.807, 2.05) is 0 Å². The van der Waals surface area contributed by atoms with Gasteiger partial charge in [0.2, 0.25) is 0 Å². The van der Waals surface area contributed by atoms with Crippen LogP contribution in [0.25, 0.3) is 22.5 Å². The lowest BCUT2D eigenvalue weighted by atomic mass is 10.0. The van der Waals surface area contributed by atoms with Gasteiger partial charge in [0.15, 0.2) is 0 Å². The Balaban J connectivity index is 1.64. The van der Waals surface area contributed by atoms with Gasteiger partial charge in [0.25, 0.3) is 5.91 Å². The number of aliphatic hydroxyl groups excluding tert-OH is 1. The van der Waals surface area contributed by atoms with E-state index in [0.717, 1.165) is 0 Å². The van der Waals surface area contributed by atoms with Gasteiger partial charge in [0, 0.05) is 19.5 Å². The van der Waals surface area contributed by atoms with Crippen LogP contribution in [-0.4, -0.2) is 56.9 Å². The van der Waals surface area contributed by atoms with Crippen molar-refractivity contribution in [1.29, 1.82) is 0 Å². The molecule has 8 nitrogen and oxygen atoms in total. The molecule has 1 amide bonds. The average molecular weight is 467 g/mol. The van der Waals surface area contributed by atoms with Crippen LogP contribution in [0.1, 0.15) is 10.4 Å². The Kier molecular flexibility index (Phi) is 7.09. The maximum Gasteiger partial charge on any atom is 0.252 e. The van der Waals surface area contributed by atoms with Crippen LogP contribution in [0.15, 0.2) is 67.0 Å². The molecule has 10 heteroatoms. The first-order valence-corrected chi connectivity index (χ1v) is 10.5. The number of rotatable bonds is 9. The third-order valence-corrected chi connectivity index (χ3v) is 5.44. The van der Waals surface area contributed by atoms with E-state index in [9.17, 15) is 18.7 Å². The highest BCUT2D eigenvalue weighted by Gasteiger charge is 2.26. The zero-order valence-corrected chi connectivity index (χ0v) is 18.3. The number of aliphatic hydroxyl groups is 1. The van der Waals surface area contributed by atoms with Gasteiger partial charge < -0.3 is 15.2 Å². The van der Waals surface area contributed by atoms with Crippen molar-refractivity contribution in [3.63, 3.8) is 0 Å². The number of ether oxygens (including phenoxy) is 1. The molecule has 2 heterocycles. The zero-order valence-electron chi connectivity index (χ0n) is 18.3. The second kappa shape index (κ2) is 10.4. The first kappa shape index (κ1) is 23.3. The molecule has 0 fully saturated rings. The number of methoxy groups -OCH3 is 1. The van der Waals surface area contributed by atoms with Gasteiger partial charge in [-0.05, 0) is 54.1 Å². The van der Waals surface area contributed by atoms with Crippen LogP contribution in [0, 0.1) is 11.6 Å². The average Bonchev–Trinajstić information content (AvgIpc) is 3.52. The summed E-state index contributed by atoms with van der Waals surface area (Å²) in [6, 6.07) is 12.6. The first-order valence-electron chi connectivity index (χ1n) is 10.5. The molecular weight excluding hydrogens is 444 g/mol. The Labute approximate surface area is 194 Å². The molecule has 0 aliphatic carbocycles. The second-order valence-electron chi connectivity index (χ2n) is 7.60. The maximum absolute atomic E-state index is 14.9. The van der Waals surface area contributed by atoms with E-state index in [4.69, 9.17) is 4.74 Å². The molecule has 3 N–H and O–H groups in total. The molecule has 0 aliphatic rings. The largest absolute Gasteiger partial charge is 0.394 e. The van der Waals surface area contributed by atoms with E-state index in [2.05, 4.69) is 20.6 Å². The quantitative estimate of drug-likeness (QED) is 0.351. The number of halogens is 2. The fourth-order valence-corrected chi connectivity index (χ4v) is 3.68. The predicted molar refractivity (Wildman–Crippen MR) is 121 cm³/mol. The predicted octanol–water partition coefficient (Wildman–Crippen LogP) is 3.02. The summed E-state index contributed by atoms with van der Waals surface area (Å²) >= 11 is 0. The number of amides is 1. The van der Waals surface area contributed by atoms with Gasteiger partial charge in [0.05, 0.1) is 41.7 Å². The zero-order chi connectivity index (χ0) is 24.1. The molecule has 4 rings (SSSR count). The third-order valence-electron chi connectivity index (χ3n) is 5.44. The highest BCUT2D eigenvalue weighted by molar-refractivity contribution is 6.01. The van der Waals surface area contributed by atoms with Crippen LogP contribution in [0.4, 0.5) is 8.78 Å². The highest BCUT2D eigenvalue weighted by Crippen LogP contribution is 2.29. The Bertz CT molecular complexity index is 1240. The first-order chi connectivity index (χ1) is 16.5. The van der Waals surface area contributed by atoms with Gasteiger partial charge in [-0.3, -0.25) is 14.6 Å². The van der Waals surface area contributed by atoms with Crippen molar-refractivity contribution in [2.75, 3.05) is 13.7 Å². The lowest BCUT2D eigenvalue weighted by Crippen LogP contribution is -2.48. The number of aromatic amines is 1. The molecule has 0 bridgehead atoms. The number of nitrogens with one attached hydrogen (secondary N) is 2. The van der Waals surface area contributed by atoms with Crippen molar-refractivity contribution in [2.24, 2.45) is 0 Å². The Morgan fingerprint density at radius 2 is 2.00 bits per heavy atom. The van der Waals surface area contributed by atoms with Gasteiger partial charge in [-0.25, -0.2) is 8.78 Å². The summed E-state index contributed by atoms with van der Waals surface area (Å²) in [5.74, 6) is -1.56. The molecule has 2 atom stereocenters. The van der Waals surface area contributed by atoms with E-state index in [-0.39, 0.29) is 35.8 Å². The monoisotopic (exact) mass is 467 g/mol. The SMILES string of the molecule is CO[C@@H](CO)[C@@H](Cn1cccn1)NC(=O)c1cccc(F)c1-c1cc(-c2ccc(F)cc2)[nH]n1. The number of nitrogens with zero attached hydrogens (tertiary/aromatic N) is 3. The van der Waals surface area contributed by atoms with Crippen molar-refractivity contribution in [3.05, 3.63) is 84.2 Å². The number of carbonyl (C=O) groups excluding carboxylic acids is 1. The third kappa shape index (κ3) is 5.03. The Hall–Kier alpha value is -3.89. The molecule has 2 aromatic heterocycles. The number of H-pyrrole nitrogens is 1. The van der Waals surface area contributed by atoms with Gasteiger partial charge >= 0.3 is 0 Å². The summed E-state index contributed by atoms with van der Waals surface area (Å²) in [4.78, 5) is 13.3. The number of benzene rings is 2. The minimum Gasteiger partial charge on any atom is -0.394 e. The van der Waals surface area contributed by atoms with Crippen LogP contribution >= 0.6 is 0 Å². The molecule has 176 valence electrons. The van der Waals surface area contributed by atoms with Crippen molar-refractivity contribution in [3.8, 4) is 22.5 Å². The second-order valence-corrected chi connectivity index (χ2v) is 7.60. The number of aromatic nitrogens is 4. The molecule has 0 saturated heterocycles. The fraction of sp³-hybridized carbons (Fsp3) is 0.208. The van der Waals surface area contributed by atoms with Crippen molar-refractivity contribution in [2.45, 2.75) is 18.7 Å². The molecule has 0 spiro atoms. The normalized spacial score (nSPS) is 12.9. The highest BCUT2D eigenvalue weighted by atomic mass is 19.1. The molecule has 2 aromatic carbocycles. The molecule has 4 aromatic rings. The van der Waals surface area contributed by atoms with Gasteiger partial charge in [0.1, 0.15) is 17.7 Å². The topological polar surface area (TPSA) is 105 Å². The molecule has 0 radical (unpaired) electrons. The van der Waals surface area contributed by atoms with E-state index < -0.39 is 23.9 Å². The fourth-order valence-electron chi connectivity index (χ4n) is 3.68. The lowest BCUT2D eigenvalue weighted by Gasteiger charge is -2.26. The summed E-state index contributed by atoms with van der Waals surface area (Å²) in [6.45, 7) is -0.0985. The Morgan fingerprint density at radius 1 is 1.21 bits per heavy atom.